The summed E-state index contributed by atoms with van der Waals surface area (Å²) < 4.78 is 0. The third-order valence-electron chi connectivity index (χ3n) is 6.37. The summed E-state index contributed by atoms with van der Waals surface area (Å²) >= 11 is 0. The molecule has 0 radical (unpaired) electrons. The van der Waals surface area contributed by atoms with Crippen molar-refractivity contribution in [3.05, 3.63) is 29.3 Å². The molecule has 1 aliphatic carbocycles. The smallest absolute Gasteiger partial charge is 0.119 e. The zero-order chi connectivity index (χ0) is 19.2. The maximum absolute atomic E-state index is 10.8. The SMILES string of the molecule is CCCCCCC(C)(C)c1ccc([C@@H]2C[C@H](O)CC[C@H]2CCN)c(O)c1.Cl. The van der Waals surface area contributed by atoms with Gasteiger partial charge in [-0.15, -0.1) is 12.4 Å². The minimum atomic E-state index is -0.261. The summed E-state index contributed by atoms with van der Waals surface area (Å²) in [5.74, 6) is 1.07. The van der Waals surface area contributed by atoms with E-state index in [1.165, 1.54) is 31.2 Å². The Morgan fingerprint density at radius 2 is 1.89 bits per heavy atom. The van der Waals surface area contributed by atoms with Gasteiger partial charge in [0.15, 0.2) is 0 Å². The average Bonchev–Trinajstić information content (AvgIpc) is 2.60. The highest BCUT2D eigenvalue weighted by Gasteiger charge is 2.32. The number of phenols is 1. The first-order valence-electron chi connectivity index (χ1n) is 10.6. The van der Waals surface area contributed by atoms with E-state index in [0.29, 0.717) is 18.2 Å². The normalized spacial score (nSPS) is 23.1. The van der Waals surface area contributed by atoms with E-state index in [0.717, 1.165) is 37.7 Å². The van der Waals surface area contributed by atoms with Crippen molar-refractivity contribution >= 4 is 12.4 Å². The fourth-order valence-electron chi connectivity index (χ4n) is 4.57. The van der Waals surface area contributed by atoms with Gasteiger partial charge in [-0.1, -0.05) is 58.6 Å². The van der Waals surface area contributed by atoms with Gasteiger partial charge in [-0.25, -0.2) is 0 Å². The molecule has 1 aliphatic rings. The summed E-state index contributed by atoms with van der Waals surface area (Å²) in [7, 11) is 0. The molecule has 3 nitrogen and oxygen atoms in total. The summed E-state index contributed by atoms with van der Waals surface area (Å²) in [6.07, 6.45) is 9.49. The van der Waals surface area contributed by atoms with Gasteiger partial charge in [0.25, 0.3) is 0 Å². The van der Waals surface area contributed by atoms with Crippen molar-refractivity contribution in [2.45, 2.75) is 96.0 Å². The molecule has 0 heterocycles. The van der Waals surface area contributed by atoms with E-state index in [4.69, 9.17) is 5.73 Å². The summed E-state index contributed by atoms with van der Waals surface area (Å²) in [6.45, 7) is 7.45. The van der Waals surface area contributed by atoms with Crippen LogP contribution in [0, 0.1) is 5.92 Å². The largest absolute Gasteiger partial charge is 0.508 e. The van der Waals surface area contributed by atoms with Crippen LogP contribution in [0.25, 0.3) is 0 Å². The molecule has 0 bridgehead atoms. The Kier molecular flexibility index (Phi) is 10.1. The fourth-order valence-corrected chi connectivity index (χ4v) is 4.57. The highest BCUT2D eigenvalue weighted by Crippen LogP contribution is 2.44. The zero-order valence-corrected chi connectivity index (χ0v) is 18.2. The Bertz CT molecular complexity index is 561. The molecule has 1 saturated carbocycles. The lowest BCUT2D eigenvalue weighted by Crippen LogP contribution is -2.28. The van der Waals surface area contributed by atoms with E-state index in [2.05, 4.69) is 32.9 Å². The first kappa shape index (κ1) is 24.3. The molecule has 0 aromatic heterocycles. The van der Waals surface area contributed by atoms with Crippen molar-refractivity contribution in [3.63, 3.8) is 0 Å². The van der Waals surface area contributed by atoms with Crippen LogP contribution in [0.3, 0.4) is 0 Å². The minimum absolute atomic E-state index is 0. The van der Waals surface area contributed by atoms with Crippen molar-refractivity contribution < 1.29 is 10.2 Å². The van der Waals surface area contributed by atoms with Crippen molar-refractivity contribution in [1.82, 2.24) is 0 Å². The number of unbranched alkanes of at least 4 members (excludes halogenated alkanes) is 3. The number of halogens is 1. The van der Waals surface area contributed by atoms with Crippen LogP contribution in [0.4, 0.5) is 0 Å². The lowest BCUT2D eigenvalue weighted by atomic mass is 9.72. The first-order chi connectivity index (χ1) is 12.4. The predicted molar refractivity (Wildman–Crippen MR) is 117 cm³/mol. The molecule has 1 aromatic rings. The molecule has 4 heteroatoms. The zero-order valence-electron chi connectivity index (χ0n) is 17.4. The minimum Gasteiger partial charge on any atom is -0.508 e. The molecule has 0 aliphatic heterocycles. The van der Waals surface area contributed by atoms with E-state index in [-0.39, 0.29) is 29.8 Å². The second kappa shape index (κ2) is 11.3. The predicted octanol–water partition coefficient (Wildman–Crippen LogP) is 5.66. The number of aliphatic hydroxyl groups excluding tert-OH is 1. The van der Waals surface area contributed by atoms with Crippen LogP contribution in [0.5, 0.6) is 5.75 Å². The Labute approximate surface area is 172 Å². The molecule has 0 amide bonds. The highest BCUT2D eigenvalue weighted by atomic mass is 35.5. The van der Waals surface area contributed by atoms with Crippen LogP contribution in [0.1, 0.15) is 95.6 Å². The van der Waals surface area contributed by atoms with Crippen LogP contribution in [-0.2, 0) is 5.41 Å². The van der Waals surface area contributed by atoms with Crippen LogP contribution in [-0.4, -0.2) is 22.9 Å². The van der Waals surface area contributed by atoms with Gasteiger partial charge in [-0.3, -0.25) is 0 Å². The third-order valence-corrected chi connectivity index (χ3v) is 6.37. The molecule has 27 heavy (non-hydrogen) atoms. The molecule has 3 atom stereocenters. The first-order valence-corrected chi connectivity index (χ1v) is 10.6. The van der Waals surface area contributed by atoms with Gasteiger partial charge in [0.2, 0.25) is 0 Å². The molecule has 4 N–H and O–H groups in total. The molecule has 1 aromatic carbocycles. The molecule has 0 saturated heterocycles. The van der Waals surface area contributed by atoms with Crippen molar-refractivity contribution in [3.8, 4) is 5.75 Å². The Hall–Kier alpha value is -0.770. The number of nitrogens with two attached hydrogens (primary N) is 1. The highest BCUT2D eigenvalue weighted by molar-refractivity contribution is 5.85. The van der Waals surface area contributed by atoms with E-state index in [9.17, 15) is 10.2 Å². The fraction of sp³-hybridized carbons (Fsp3) is 0.739. The van der Waals surface area contributed by atoms with Gasteiger partial charge in [0.05, 0.1) is 6.10 Å². The average molecular weight is 398 g/mol. The Morgan fingerprint density at radius 1 is 1.15 bits per heavy atom. The topological polar surface area (TPSA) is 66.5 Å². The van der Waals surface area contributed by atoms with E-state index in [1.54, 1.807) is 0 Å². The van der Waals surface area contributed by atoms with Crippen LogP contribution in [0.15, 0.2) is 18.2 Å². The maximum Gasteiger partial charge on any atom is 0.119 e. The quantitative estimate of drug-likeness (QED) is 0.471. The number of phenolic OH excluding ortho intramolecular Hbond substituents is 1. The molecule has 156 valence electrons. The summed E-state index contributed by atoms with van der Waals surface area (Å²) in [5.41, 5.74) is 8.08. The van der Waals surface area contributed by atoms with Crippen molar-refractivity contribution in [1.29, 1.82) is 0 Å². The van der Waals surface area contributed by atoms with Crippen LogP contribution < -0.4 is 5.73 Å². The monoisotopic (exact) mass is 397 g/mol. The van der Waals surface area contributed by atoms with Gasteiger partial charge >= 0.3 is 0 Å². The third kappa shape index (κ3) is 6.66. The lowest BCUT2D eigenvalue weighted by Gasteiger charge is -2.35. The van der Waals surface area contributed by atoms with E-state index >= 15 is 0 Å². The standard InChI is InChI=1S/C23H39NO2.ClH/c1-4-5-6-7-13-23(2,3)18-9-11-20(22(26)15-18)21-16-19(25)10-8-17(21)12-14-24;/h9,11,15,17,19,21,25-26H,4-8,10,12-14,16,24H2,1-3H3;1H/t17-,19+,21+;/m0./s1. The lowest BCUT2D eigenvalue weighted by molar-refractivity contribution is 0.0910. The molecule has 0 spiro atoms. The Balaban J connectivity index is 0.00000364. The van der Waals surface area contributed by atoms with Gasteiger partial charge in [-0.2, -0.15) is 0 Å². The van der Waals surface area contributed by atoms with Gasteiger partial charge in [0, 0.05) is 0 Å². The summed E-state index contributed by atoms with van der Waals surface area (Å²) in [6, 6.07) is 6.26. The maximum atomic E-state index is 10.8. The molecule has 1 fully saturated rings. The number of rotatable bonds is 9. The van der Waals surface area contributed by atoms with Crippen LogP contribution in [0.2, 0.25) is 0 Å². The number of aliphatic hydroxyl groups is 1. The Morgan fingerprint density at radius 3 is 2.52 bits per heavy atom. The molecular formula is C23H40ClNO2. The second-order valence-electron chi connectivity index (χ2n) is 8.88. The molecule has 2 rings (SSSR count). The van der Waals surface area contributed by atoms with Gasteiger partial charge in [0.1, 0.15) is 5.75 Å². The van der Waals surface area contributed by atoms with Crippen LogP contribution >= 0.6 is 12.4 Å². The molecular weight excluding hydrogens is 358 g/mol. The van der Waals surface area contributed by atoms with Gasteiger partial charge < -0.3 is 15.9 Å². The van der Waals surface area contributed by atoms with E-state index in [1.807, 2.05) is 6.07 Å². The number of aromatic hydroxyl groups is 1. The second-order valence-corrected chi connectivity index (χ2v) is 8.88. The van der Waals surface area contributed by atoms with Gasteiger partial charge in [-0.05, 0) is 73.1 Å². The van der Waals surface area contributed by atoms with E-state index < -0.39 is 0 Å². The number of benzene rings is 1. The molecule has 0 unspecified atom stereocenters. The van der Waals surface area contributed by atoms with Crippen molar-refractivity contribution in [2.75, 3.05) is 6.54 Å². The van der Waals surface area contributed by atoms with Crippen molar-refractivity contribution in [2.24, 2.45) is 11.7 Å². The number of hydrogen-bond acceptors (Lipinski definition) is 3. The summed E-state index contributed by atoms with van der Waals surface area (Å²) in [5, 5.41) is 20.9. The number of hydrogen-bond donors (Lipinski definition) is 3. The summed E-state index contributed by atoms with van der Waals surface area (Å²) in [4.78, 5) is 0.